The van der Waals surface area contributed by atoms with E-state index in [2.05, 4.69) is 12.2 Å². The normalized spacial score (nSPS) is 20.3. The maximum Gasteiger partial charge on any atom is 0.257 e. The lowest BCUT2D eigenvalue weighted by atomic mass is 10.1. The van der Waals surface area contributed by atoms with Gasteiger partial charge in [0.05, 0.1) is 5.56 Å². The molecule has 1 aliphatic heterocycles. The molecule has 1 N–H and O–H groups in total. The van der Waals surface area contributed by atoms with Crippen LogP contribution < -0.4 is 5.32 Å². The lowest BCUT2D eigenvalue weighted by molar-refractivity contribution is 0.0710. The number of piperazine rings is 1. The second kappa shape index (κ2) is 4.46. The number of nitrogens with zero attached hydrogens (tertiary/aromatic N) is 1. The molecule has 2 aromatic rings. The summed E-state index contributed by atoms with van der Waals surface area (Å²) >= 11 is 0. The molecule has 0 saturated carbocycles. The number of fused-ring (bicyclic) bond motifs is 1. The maximum absolute atomic E-state index is 12.5. The third kappa shape index (κ3) is 1.88. The van der Waals surface area contributed by atoms with Crippen LogP contribution in [0.5, 0.6) is 0 Å². The molecule has 0 radical (unpaired) electrons. The van der Waals surface area contributed by atoms with Gasteiger partial charge in [-0.15, -0.1) is 0 Å². The van der Waals surface area contributed by atoms with Gasteiger partial charge in [0.15, 0.2) is 0 Å². The number of carbonyl (C=O) groups is 1. The Hall–Kier alpha value is -1.81. The van der Waals surface area contributed by atoms with Crippen molar-refractivity contribution in [2.24, 2.45) is 0 Å². The Morgan fingerprint density at radius 1 is 1.44 bits per heavy atom. The van der Waals surface area contributed by atoms with E-state index in [1.165, 1.54) is 0 Å². The van der Waals surface area contributed by atoms with Gasteiger partial charge in [-0.25, -0.2) is 0 Å². The molecule has 0 bridgehead atoms. The summed E-state index contributed by atoms with van der Waals surface area (Å²) in [4.78, 5) is 14.3. The van der Waals surface area contributed by atoms with Gasteiger partial charge in [0, 0.05) is 31.1 Å². The highest BCUT2D eigenvalue weighted by Crippen LogP contribution is 2.22. The zero-order chi connectivity index (χ0) is 12.5. The summed E-state index contributed by atoms with van der Waals surface area (Å²) in [6.45, 7) is 4.44. The van der Waals surface area contributed by atoms with Crippen LogP contribution in [0.15, 0.2) is 34.9 Å². The summed E-state index contributed by atoms with van der Waals surface area (Å²) in [6.07, 6.45) is 1.57. The van der Waals surface area contributed by atoms with E-state index in [0.29, 0.717) is 11.6 Å². The Morgan fingerprint density at radius 2 is 2.28 bits per heavy atom. The largest absolute Gasteiger partial charge is 0.463 e. The fraction of sp³-hybridized carbons (Fsp3) is 0.357. The predicted octanol–water partition coefficient (Wildman–Crippen LogP) is 1.87. The molecule has 1 aromatic heterocycles. The molecule has 1 atom stereocenters. The van der Waals surface area contributed by atoms with E-state index >= 15 is 0 Å². The van der Waals surface area contributed by atoms with Crippen molar-refractivity contribution in [3.63, 3.8) is 0 Å². The highest BCUT2D eigenvalue weighted by Gasteiger charge is 2.24. The van der Waals surface area contributed by atoms with E-state index in [0.717, 1.165) is 30.6 Å². The van der Waals surface area contributed by atoms with Crippen LogP contribution in [0, 0.1) is 0 Å². The summed E-state index contributed by atoms with van der Waals surface area (Å²) in [5, 5.41) is 4.23. The van der Waals surface area contributed by atoms with Crippen molar-refractivity contribution in [3.8, 4) is 0 Å². The first kappa shape index (κ1) is 11.3. The standard InChI is InChI=1S/C14H16N2O2/c1-10-8-16(7-6-15-10)14(17)12-9-18-13-5-3-2-4-11(12)13/h2-5,9-10,15H,6-8H2,1H3/t10-/m0/s1. The van der Waals surface area contributed by atoms with E-state index in [1.807, 2.05) is 29.2 Å². The lowest BCUT2D eigenvalue weighted by Crippen LogP contribution is -2.51. The number of para-hydroxylation sites is 1. The van der Waals surface area contributed by atoms with Gasteiger partial charge in [0.25, 0.3) is 5.91 Å². The van der Waals surface area contributed by atoms with Gasteiger partial charge in [-0.05, 0) is 13.0 Å². The smallest absolute Gasteiger partial charge is 0.257 e. The first-order valence-electron chi connectivity index (χ1n) is 6.24. The van der Waals surface area contributed by atoms with Crippen LogP contribution in [0.25, 0.3) is 11.0 Å². The first-order valence-corrected chi connectivity index (χ1v) is 6.24. The molecule has 0 aliphatic carbocycles. The molecule has 4 heteroatoms. The van der Waals surface area contributed by atoms with Gasteiger partial charge in [-0.1, -0.05) is 18.2 Å². The molecule has 94 valence electrons. The third-order valence-corrected chi connectivity index (χ3v) is 3.37. The molecule has 2 heterocycles. The van der Waals surface area contributed by atoms with E-state index in [9.17, 15) is 4.79 Å². The molecule has 0 spiro atoms. The van der Waals surface area contributed by atoms with Crippen LogP contribution in [0.3, 0.4) is 0 Å². The predicted molar refractivity (Wildman–Crippen MR) is 69.6 cm³/mol. The van der Waals surface area contributed by atoms with Crippen molar-refractivity contribution in [2.45, 2.75) is 13.0 Å². The van der Waals surface area contributed by atoms with Gasteiger partial charge in [0.1, 0.15) is 11.8 Å². The lowest BCUT2D eigenvalue weighted by Gasteiger charge is -2.31. The van der Waals surface area contributed by atoms with Crippen molar-refractivity contribution in [3.05, 3.63) is 36.1 Å². The average molecular weight is 244 g/mol. The Morgan fingerprint density at radius 3 is 3.11 bits per heavy atom. The molecule has 1 aliphatic rings. The fourth-order valence-corrected chi connectivity index (χ4v) is 2.43. The van der Waals surface area contributed by atoms with Crippen molar-refractivity contribution < 1.29 is 9.21 Å². The number of carbonyl (C=O) groups excluding carboxylic acids is 1. The fourth-order valence-electron chi connectivity index (χ4n) is 2.43. The Kier molecular flexibility index (Phi) is 2.80. The van der Waals surface area contributed by atoms with Gasteiger partial charge < -0.3 is 14.6 Å². The second-order valence-electron chi connectivity index (χ2n) is 4.75. The zero-order valence-corrected chi connectivity index (χ0v) is 10.3. The summed E-state index contributed by atoms with van der Waals surface area (Å²) < 4.78 is 5.42. The molecule has 1 saturated heterocycles. The first-order chi connectivity index (χ1) is 8.75. The zero-order valence-electron chi connectivity index (χ0n) is 10.3. The van der Waals surface area contributed by atoms with E-state index in [1.54, 1.807) is 6.26 Å². The second-order valence-corrected chi connectivity index (χ2v) is 4.75. The van der Waals surface area contributed by atoms with E-state index in [4.69, 9.17) is 4.42 Å². The number of hydrogen-bond acceptors (Lipinski definition) is 3. The van der Waals surface area contributed by atoms with Gasteiger partial charge in [-0.2, -0.15) is 0 Å². The minimum absolute atomic E-state index is 0.0632. The molecule has 1 aromatic carbocycles. The molecule has 3 rings (SSSR count). The Bertz CT molecular complexity index is 576. The molecule has 18 heavy (non-hydrogen) atoms. The van der Waals surface area contributed by atoms with Crippen LogP contribution in [-0.2, 0) is 0 Å². The Balaban J connectivity index is 1.92. The number of hydrogen-bond donors (Lipinski definition) is 1. The monoisotopic (exact) mass is 244 g/mol. The van der Waals surface area contributed by atoms with Gasteiger partial charge in [0.2, 0.25) is 0 Å². The molecular weight excluding hydrogens is 228 g/mol. The van der Waals surface area contributed by atoms with Crippen molar-refractivity contribution in [1.29, 1.82) is 0 Å². The maximum atomic E-state index is 12.5. The van der Waals surface area contributed by atoms with Crippen LogP contribution in [0.2, 0.25) is 0 Å². The van der Waals surface area contributed by atoms with Crippen LogP contribution in [-0.4, -0.2) is 36.5 Å². The molecule has 1 amide bonds. The number of amides is 1. The van der Waals surface area contributed by atoms with Gasteiger partial charge in [-0.3, -0.25) is 4.79 Å². The Labute approximate surface area is 106 Å². The van der Waals surface area contributed by atoms with Crippen LogP contribution >= 0.6 is 0 Å². The summed E-state index contributed by atoms with van der Waals surface area (Å²) in [6, 6.07) is 7.99. The average Bonchev–Trinajstić information content (AvgIpc) is 2.82. The summed E-state index contributed by atoms with van der Waals surface area (Å²) in [7, 11) is 0. The van der Waals surface area contributed by atoms with E-state index in [-0.39, 0.29) is 5.91 Å². The summed E-state index contributed by atoms with van der Waals surface area (Å²) in [5.41, 5.74) is 1.43. The number of furan rings is 1. The van der Waals surface area contributed by atoms with Crippen LogP contribution in [0.4, 0.5) is 0 Å². The highest BCUT2D eigenvalue weighted by molar-refractivity contribution is 6.05. The van der Waals surface area contributed by atoms with Crippen molar-refractivity contribution in [2.75, 3.05) is 19.6 Å². The molecular formula is C14H16N2O2. The minimum Gasteiger partial charge on any atom is -0.463 e. The molecule has 1 fully saturated rings. The van der Waals surface area contributed by atoms with E-state index < -0.39 is 0 Å². The number of benzene rings is 1. The minimum atomic E-state index is 0.0632. The van der Waals surface area contributed by atoms with Crippen LogP contribution in [0.1, 0.15) is 17.3 Å². The number of nitrogens with one attached hydrogen (secondary N) is 1. The topological polar surface area (TPSA) is 45.5 Å². The number of rotatable bonds is 1. The third-order valence-electron chi connectivity index (χ3n) is 3.37. The highest BCUT2D eigenvalue weighted by atomic mass is 16.3. The molecule has 4 nitrogen and oxygen atoms in total. The summed E-state index contributed by atoms with van der Waals surface area (Å²) in [5.74, 6) is 0.0632. The molecule has 0 unspecified atom stereocenters. The van der Waals surface area contributed by atoms with Crippen molar-refractivity contribution >= 4 is 16.9 Å². The van der Waals surface area contributed by atoms with Crippen molar-refractivity contribution in [1.82, 2.24) is 10.2 Å². The van der Waals surface area contributed by atoms with Gasteiger partial charge >= 0.3 is 0 Å². The quantitative estimate of drug-likeness (QED) is 0.833. The SMILES string of the molecule is C[C@H]1CN(C(=O)c2coc3ccccc23)CCN1.